The molecule has 12 heavy (non-hydrogen) atoms. The molecule has 0 aliphatic heterocycles. The second-order valence-electron chi connectivity index (χ2n) is 2.43. The number of nitrogens with zero attached hydrogens (tertiary/aromatic N) is 1. The maximum atomic E-state index is 9.13. The third-order valence-corrected chi connectivity index (χ3v) is 2.31. The number of benzene rings is 1. The average molecular weight is 226 g/mol. The van der Waals surface area contributed by atoms with E-state index in [9.17, 15) is 0 Å². The first-order chi connectivity index (χ1) is 5.74. The quantitative estimate of drug-likeness (QED) is 0.842. The van der Waals surface area contributed by atoms with Crippen LogP contribution in [0.3, 0.4) is 0 Å². The summed E-state index contributed by atoms with van der Waals surface area (Å²) in [5.74, 6) is 0.242. The topological polar surface area (TPSA) is 44.0 Å². The molecule has 1 aromatic carbocycles. The highest BCUT2D eigenvalue weighted by atomic mass is 79.9. The molecule has 1 rings (SSSR count). The van der Waals surface area contributed by atoms with Gasteiger partial charge in [0.25, 0.3) is 0 Å². The van der Waals surface area contributed by atoms with Crippen LogP contribution in [0.4, 0.5) is 0 Å². The molecule has 0 aromatic heterocycles. The van der Waals surface area contributed by atoms with Crippen molar-refractivity contribution in [2.45, 2.75) is 12.8 Å². The molecular weight excluding hydrogens is 218 g/mol. The van der Waals surface area contributed by atoms with Gasteiger partial charge >= 0.3 is 0 Å². The molecule has 0 heterocycles. The maximum Gasteiger partial charge on any atom is 0.115 e. The van der Waals surface area contributed by atoms with Gasteiger partial charge in [0.1, 0.15) is 5.75 Å². The predicted molar refractivity (Wildman–Crippen MR) is 49.7 cm³/mol. The summed E-state index contributed by atoms with van der Waals surface area (Å²) >= 11 is 3.34. The van der Waals surface area contributed by atoms with Crippen molar-refractivity contribution in [3.8, 4) is 11.8 Å². The fraction of sp³-hybridized carbons (Fsp3) is 0.222. The van der Waals surface area contributed by atoms with Gasteiger partial charge in [0.2, 0.25) is 0 Å². The summed E-state index contributed by atoms with van der Waals surface area (Å²) in [7, 11) is 0. The maximum absolute atomic E-state index is 9.13. The number of rotatable bonds is 2. The highest BCUT2D eigenvalue weighted by Gasteiger charge is 1.99. The van der Waals surface area contributed by atoms with Gasteiger partial charge < -0.3 is 5.11 Å². The lowest BCUT2D eigenvalue weighted by Crippen LogP contribution is -1.84. The summed E-state index contributed by atoms with van der Waals surface area (Å²) in [6, 6.07) is 7.12. The second-order valence-corrected chi connectivity index (χ2v) is 3.29. The van der Waals surface area contributed by atoms with Crippen LogP contribution >= 0.6 is 15.9 Å². The van der Waals surface area contributed by atoms with Gasteiger partial charge in [-0.1, -0.05) is 15.9 Å². The average Bonchev–Trinajstić information content (AvgIpc) is 2.07. The van der Waals surface area contributed by atoms with Crippen molar-refractivity contribution in [1.29, 1.82) is 5.26 Å². The SMILES string of the molecule is N#CCCc1cc(O)ccc1Br. The van der Waals surface area contributed by atoms with E-state index in [-0.39, 0.29) is 5.75 Å². The molecule has 0 aliphatic rings. The molecule has 0 saturated heterocycles. The van der Waals surface area contributed by atoms with E-state index in [1.54, 1.807) is 18.2 Å². The predicted octanol–water partition coefficient (Wildman–Crippen LogP) is 2.61. The third kappa shape index (κ3) is 2.24. The van der Waals surface area contributed by atoms with E-state index in [0.717, 1.165) is 10.0 Å². The van der Waals surface area contributed by atoms with Gasteiger partial charge in [0, 0.05) is 10.9 Å². The van der Waals surface area contributed by atoms with Gasteiger partial charge in [-0.25, -0.2) is 0 Å². The second kappa shape index (κ2) is 4.13. The van der Waals surface area contributed by atoms with Gasteiger partial charge in [-0.3, -0.25) is 0 Å². The van der Waals surface area contributed by atoms with Crippen molar-refractivity contribution < 1.29 is 5.11 Å². The van der Waals surface area contributed by atoms with Crippen LogP contribution in [0.5, 0.6) is 5.75 Å². The van der Waals surface area contributed by atoms with Gasteiger partial charge in [-0.15, -0.1) is 0 Å². The fourth-order valence-corrected chi connectivity index (χ4v) is 1.39. The normalized spacial score (nSPS) is 9.33. The summed E-state index contributed by atoms with van der Waals surface area (Å²) in [5, 5.41) is 17.5. The number of nitriles is 1. The smallest absolute Gasteiger partial charge is 0.115 e. The summed E-state index contributed by atoms with van der Waals surface area (Å²) in [5.41, 5.74) is 0.969. The molecule has 0 aliphatic carbocycles. The van der Waals surface area contributed by atoms with Crippen LogP contribution in [0.2, 0.25) is 0 Å². The zero-order chi connectivity index (χ0) is 8.97. The standard InChI is InChI=1S/C9H8BrNO/c10-9-4-3-8(12)6-7(9)2-1-5-11/h3-4,6,12H,1-2H2. The van der Waals surface area contributed by atoms with E-state index in [0.29, 0.717) is 12.8 Å². The first-order valence-electron chi connectivity index (χ1n) is 3.58. The Labute approximate surface area is 79.6 Å². The highest BCUT2D eigenvalue weighted by Crippen LogP contribution is 2.22. The van der Waals surface area contributed by atoms with Gasteiger partial charge in [0.05, 0.1) is 6.07 Å². The molecule has 0 atom stereocenters. The van der Waals surface area contributed by atoms with E-state index >= 15 is 0 Å². The Morgan fingerprint density at radius 1 is 1.50 bits per heavy atom. The molecule has 2 nitrogen and oxygen atoms in total. The molecular formula is C9H8BrNO. The minimum Gasteiger partial charge on any atom is -0.508 e. The van der Waals surface area contributed by atoms with Gasteiger partial charge in [0.15, 0.2) is 0 Å². The van der Waals surface area contributed by atoms with Gasteiger partial charge in [-0.2, -0.15) is 5.26 Å². The number of hydrogen-bond acceptors (Lipinski definition) is 2. The minimum absolute atomic E-state index is 0.242. The molecule has 3 heteroatoms. The van der Waals surface area contributed by atoms with E-state index in [2.05, 4.69) is 22.0 Å². The van der Waals surface area contributed by atoms with Crippen LogP contribution in [-0.4, -0.2) is 5.11 Å². The van der Waals surface area contributed by atoms with E-state index in [4.69, 9.17) is 10.4 Å². The molecule has 1 N–H and O–H groups in total. The lowest BCUT2D eigenvalue weighted by atomic mass is 10.1. The van der Waals surface area contributed by atoms with Crippen molar-refractivity contribution in [3.05, 3.63) is 28.2 Å². The van der Waals surface area contributed by atoms with Crippen LogP contribution in [0, 0.1) is 11.3 Å². The van der Waals surface area contributed by atoms with E-state index in [1.807, 2.05) is 0 Å². The van der Waals surface area contributed by atoms with Crippen molar-refractivity contribution >= 4 is 15.9 Å². The van der Waals surface area contributed by atoms with E-state index < -0.39 is 0 Å². The Kier molecular flexibility index (Phi) is 3.12. The fourth-order valence-electron chi connectivity index (χ4n) is 0.943. The summed E-state index contributed by atoms with van der Waals surface area (Å²) in [4.78, 5) is 0. The monoisotopic (exact) mass is 225 g/mol. The van der Waals surface area contributed by atoms with Crippen molar-refractivity contribution in [1.82, 2.24) is 0 Å². The molecule has 0 fully saturated rings. The summed E-state index contributed by atoms with van der Waals surface area (Å²) in [6.45, 7) is 0. The zero-order valence-corrected chi connectivity index (χ0v) is 8.00. The first kappa shape index (κ1) is 9.08. The van der Waals surface area contributed by atoms with Crippen LogP contribution < -0.4 is 0 Å². The van der Waals surface area contributed by atoms with Crippen LogP contribution in [-0.2, 0) is 6.42 Å². The minimum atomic E-state index is 0.242. The van der Waals surface area contributed by atoms with Gasteiger partial charge in [-0.05, 0) is 30.2 Å². The number of aromatic hydroxyl groups is 1. The number of halogens is 1. The molecule has 0 bridgehead atoms. The zero-order valence-electron chi connectivity index (χ0n) is 6.42. The highest BCUT2D eigenvalue weighted by molar-refractivity contribution is 9.10. The molecule has 1 aromatic rings. The Morgan fingerprint density at radius 3 is 2.92 bits per heavy atom. The molecule has 0 amide bonds. The first-order valence-corrected chi connectivity index (χ1v) is 4.37. The molecule has 0 radical (unpaired) electrons. The number of hydrogen-bond donors (Lipinski definition) is 1. The Bertz CT molecular complexity index is 317. The number of aryl methyl sites for hydroxylation is 1. The largest absolute Gasteiger partial charge is 0.508 e. The van der Waals surface area contributed by atoms with Crippen molar-refractivity contribution in [2.75, 3.05) is 0 Å². The Hall–Kier alpha value is -1.01. The molecule has 62 valence electrons. The number of phenolic OH excluding ortho intramolecular Hbond substituents is 1. The number of phenols is 1. The Morgan fingerprint density at radius 2 is 2.25 bits per heavy atom. The summed E-state index contributed by atoms with van der Waals surface area (Å²) < 4.78 is 0.940. The van der Waals surface area contributed by atoms with Crippen LogP contribution in [0.1, 0.15) is 12.0 Å². The van der Waals surface area contributed by atoms with Crippen LogP contribution in [0.25, 0.3) is 0 Å². The lowest BCUT2D eigenvalue weighted by molar-refractivity contribution is 0.474. The molecule has 0 unspecified atom stereocenters. The van der Waals surface area contributed by atoms with Crippen LogP contribution in [0.15, 0.2) is 22.7 Å². The molecule has 0 spiro atoms. The van der Waals surface area contributed by atoms with E-state index in [1.165, 1.54) is 0 Å². The lowest BCUT2D eigenvalue weighted by Gasteiger charge is -2.01. The molecule has 0 saturated carbocycles. The van der Waals surface area contributed by atoms with Crippen molar-refractivity contribution in [3.63, 3.8) is 0 Å². The third-order valence-electron chi connectivity index (χ3n) is 1.54. The summed E-state index contributed by atoms with van der Waals surface area (Å²) in [6.07, 6.45) is 1.15. The Balaban J connectivity index is 2.84. The van der Waals surface area contributed by atoms with Crippen molar-refractivity contribution in [2.24, 2.45) is 0 Å².